The number of hydrogen-bond acceptors (Lipinski definition) is 8. The molecule has 7 atom stereocenters. The molecule has 0 saturated carbocycles. The van der Waals surface area contributed by atoms with Gasteiger partial charge in [0.1, 0.15) is 5.75 Å². The van der Waals surface area contributed by atoms with E-state index in [1.54, 1.807) is 32.1 Å². The van der Waals surface area contributed by atoms with Gasteiger partial charge in [0, 0.05) is 37.5 Å². The number of rotatable bonds is 3. The highest BCUT2D eigenvalue weighted by Gasteiger charge is 2.31. The first-order valence-electron chi connectivity index (χ1n) is 12.8. The lowest BCUT2D eigenvalue weighted by molar-refractivity contribution is -0.112. The molecule has 0 spiro atoms. The Morgan fingerprint density at radius 3 is 2.34 bits per heavy atom. The van der Waals surface area contributed by atoms with Crippen molar-refractivity contribution in [3.05, 3.63) is 47.1 Å². The Kier molecular flexibility index (Phi) is 11.8. The second-order valence-corrected chi connectivity index (χ2v) is 10.1. The first kappa shape index (κ1) is 31.3. The average molecular weight is 535 g/mol. The number of allylic oxidation sites excluding steroid dienone is 1. The van der Waals surface area contributed by atoms with Gasteiger partial charge in [0.05, 0.1) is 24.4 Å². The van der Waals surface area contributed by atoms with Crippen LogP contribution in [0.25, 0.3) is 0 Å². The molecule has 6 N–H and O–H groups in total. The summed E-state index contributed by atoms with van der Waals surface area (Å²) >= 11 is 0. The molecule has 10 nitrogen and oxygen atoms in total. The molecule has 1 aliphatic rings. The van der Waals surface area contributed by atoms with Gasteiger partial charge in [-0.15, -0.1) is 0 Å². The van der Waals surface area contributed by atoms with Crippen LogP contribution in [0, 0.1) is 11.8 Å². The van der Waals surface area contributed by atoms with E-state index in [2.05, 4.69) is 5.32 Å². The molecule has 212 valence electrons. The first-order chi connectivity index (χ1) is 17.9. The lowest BCUT2D eigenvalue weighted by atomic mass is 9.86. The molecule has 1 aliphatic heterocycles. The van der Waals surface area contributed by atoms with Crippen molar-refractivity contribution in [1.29, 1.82) is 0 Å². The number of methoxy groups -OCH3 is 2. The minimum absolute atomic E-state index is 0.0995. The van der Waals surface area contributed by atoms with Gasteiger partial charge < -0.3 is 40.6 Å². The summed E-state index contributed by atoms with van der Waals surface area (Å²) in [4.78, 5) is 24.5. The summed E-state index contributed by atoms with van der Waals surface area (Å²) in [5, 5.41) is 35.1. The number of anilines is 1. The first-order valence-corrected chi connectivity index (χ1v) is 12.8. The highest BCUT2D eigenvalue weighted by Crippen LogP contribution is 2.33. The van der Waals surface area contributed by atoms with E-state index in [0.29, 0.717) is 41.7 Å². The smallest absolute Gasteiger partial charge is 0.405 e. The number of ether oxygens (including phenoxy) is 3. The fourth-order valence-corrected chi connectivity index (χ4v) is 4.79. The summed E-state index contributed by atoms with van der Waals surface area (Å²) < 4.78 is 16.6. The number of aliphatic hydroxyl groups is 2. The molecule has 1 heterocycles. The van der Waals surface area contributed by atoms with Crippen LogP contribution in [-0.2, 0) is 19.0 Å². The van der Waals surface area contributed by atoms with E-state index in [4.69, 9.17) is 19.9 Å². The second kappa shape index (κ2) is 14.3. The van der Waals surface area contributed by atoms with Gasteiger partial charge in [-0.3, -0.25) is 4.79 Å². The van der Waals surface area contributed by atoms with Gasteiger partial charge in [-0.2, -0.15) is 0 Å². The number of benzene rings is 1. The third-order valence-corrected chi connectivity index (χ3v) is 7.02. The number of carbonyl (C=O) groups is 2. The molecule has 1 aromatic carbocycles. The van der Waals surface area contributed by atoms with Gasteiger partial charge in [-0.1, -0.05) is 26.0 Å². The molecule has 2 amide bonds. The Balaban J connectivity index is 2.52. The number of hydrogen-bond donors (Lipinski definition) is 5. The number of nitrogens with two attached hydrogens (primary N) is 1. The zero-order chi connectivity index (χ0) is 28.6. The van der Waals surface area contributed by atoms with Gasteiger partial charge in [0.25, 0.3) is 5.91 Å². The van der Waals surface area contributed by atoms with Crippen LogP contribution in [0.5, 0.6) is 5.75 Å². The predicted molar refractivity (Wildman–Crippen MR) is 143 cm³/mol. The van der Waals surface area contributed by atoms with Gasteiger partial charge in [0.2, 0.25) is 0 Å². The lowest BCUT2D eigenvalue weighted by Crippen LogP contribution is -2.38. The minimum Gasteiger partial charge on any atom is -0.508 e. The molecular weight excluding hydrogens is 492 g/mol. The molecule has 0 aliphatic carbocycles. The standard InChI is InChI=1S/C28H42N2O8/c1-15-8-7-9-22(36-5)26(38-28(29)35)18(4)10-16(2)25(33)23(37-6)11-17(3)24(32)19-12-20(30-27(15)34)14-21(31)13-19/h8,10,12-14,16-17,22-26,31-33H,7,9,11H2,1-6H3,(H2,29,35)(H,30,34)/t16-,17-,22-,23-,24+,25+,26-/m0/s1. The van der Waals surface area contributed by atoms with Crippen molar-refractivity contribution in [1.82, 2.24) is 0 Å². The van der Waals surface area contributed by atoms with Crippen LogP contribution in [0.3, 0.4) is 0 Å². The van der Waals surface area contributed by atoms with E-state index in [1.807, 2.05) is 13.8 Å². The maximum absolute atomic E-state index is 12.8. The molecule has 1 aromatic rings. The monoisotopic (exact) mass is 534 g/mol. The topological polar surface area (TPSA) is 161 Å². The molecule has 0 fully saturated rings. The molecule has 10 heteroatoms. The van der Waals surface area contributed by atoms with Crippen molar-refractivity contribution in [2.45, 2.75) is 77.5 Å². The minimum atomic E-state index is -0.996. The number of phenolic OH excluding ortho intramolecular Hbond substituents is 1. The summed E-state index contributed by atoms with van der Waals surface area (Å²) in [6.45, 7) is 7.06. The third kappa shape index (κ3) is 8.56. The predicted octanol–water partition coefficient (Wildman–Crippen LogP) is 3.57. The Bertz CT molecular complexity index is 1020. The molecule has 2 bridgehead atoms. The van der Waals surface area contributed by atoms with E-state index in [-0.39, 0.29) is 17.6 Å². The average Bonchev–Trinajstić information content (AvgIpc) is 2.86. The number of phenols is 1. The largest absolute Gasteiger partial charge is 0.508 e. The maximum Gasteiger partial charge on any atom is 0.405 e. The van der Waals surface area contributed by atoms with Gasteiger partial charge in [-0.25, -0.2) is 4.79 Å². The summed E-state index contributed by atoms with van der Waals surface area (Å²) in [5.74, 6) is -1.24. The van der Waals surface area contributed by atoms with Crippen molar-refractivity contribution in [2.75, 3.05) is 19.5 Å². The van der Waals surface area contributed by atoms with Crippen LogP contribution in [0.15, 0.2) is 41.5 Å². The normalized spacial score (nSPS) is 30.1. The van der Waals surface area contributed by atoms with Crippen LogP contribution in [-0.4, -0.2) is 66.0 Å². The molecule has 0 aromatic heterocycles. The summed E-state index contributed by atoms with van der Waals surface area (Å²) in [6, 6.07) is 4.46. The highest BCUT2D eigenvalue weighted by atomic mass is 16.6. The van der Waals surface area contributed by atoms with Crippen molar-refractivity contribution in [2.24, 2.45) is 17.6 Å². The summed E-state index contributed by atoms with van der Waals surface area (Å²) in [7, 11) is 2.99. The van der Waals surface area contributed by atoms with Crippen LogP contribution in [0.2, 0.25) is 0 Å². The van der Waals surface area contributed by atoms with Crippen LogP contribution in [0.1, 0.15) is 58.6 Å². The SMILES string of the molecule is CO[C@H]1C[C@H](C)[C@@H](O)c2cc(O)cc(c2)NC(=O)C(C)=CCC[C@H](OC)[C@@H](OC(N)=O)C(C)=C[C@H](C)[C@H]1O. The Labute approximate surface area is 224 Å². The van der Waals surface area contributed by atoms with Crippen LogP contribution >= 0.6 is 0 Å². The quantitative estimate of drug-likeness (QED) is 0.368. The molecule has 2 rings (SSSR count). The van der Waals surface area contributed by atoms with Gasteiger partial charge >= 0.3 is 6.09 Å². The van der Waals surface area contributed by atoms with E-state index in [0.717, 1.165) is 0 Å². The van der Waals surface area contributed by atoms with Crippen LogP contribution in [0.4, 0.5) is 10.5 Å². The third-order valence-electron chi connectivity index (χ3n) is 7.02. The van der Waals surface area contributed by atoms with E-state index >= 15 is 0 Å². The van der Waals surface area contributed by atoms with E-state index in [1.165, 1.54) is 26.4 Å². The van der Waals surface area contributed by atoms with Gasteiger partial charge in [0.15, 0.2) is 6.10 Å². The number of amides is 2. The zero-order valence-corrected chi connectivity index (χ0v) is 23.0. The highest BCUT2D eigenvalue weighted by molar-refractivity contribution is 6.03. The maximum atomic E-state index is 12.8. The lowest BCUT2D eigenvalue weighted by Gasteiger charge is -2.31. The second-order valence-electron chi connectivity index (χ2n) is 10.1. The number of primary amides is 1. The number of nitrogens with one attached hydrogen (secondary N) is 1. The molecule has 0 saturated heterocycles. The molecule has 0 unspecified atom stereocenters. The molecule has 38 heavy (non-hydrogen) atoms. The summed E-state index contributed by atoms with van der Waals surface area (Å²) in [6.07, 6.45) is -0.177. The Morgan fingerprint density at radius 2 is 1.74 bits per heavy atom. The number of fused-ring (bicyclic) bond motifs is 2. The van der Waals surface area contributed by atoms with Crippen molar-refractivity contribution in [3.63, 3.8) is 0 Å². The Morgan fingerprint density at radius 1 is 1.08 bits per heavy atom. The number of aromatic hydroxyl groups is 1. The van der Waals surface area contributed by atoms with Crippen molar-refractivity contribution < 1.29 is 39.1 Å². The number of carbonyl (C=O) groups excluding carboxylic acids is 2. The molecular formula is C28H42N2O8. The Hall–Kier alpha value is -2.92. The van der Waals surface area contributed by atoms with E-state index in [9.17, 15) is 24.9 Å². The van der Waals surface area contributed by atoms with Crippen molar-refractivity contribution >= 4 is 17.7 Å². The fraction of sp³-hybridized carbons (Fsp3) is 0.571. The zero-order valence-electron chi connectivity index (χ0n) is 23.0. The summed E-state index contributed by atoms with van der Waals surface area (Å²) in [5.41, 5.74) is 7.19. The van der Waals surface area contributed by atoms with Crippen LogP contribution < -0.4 is 11.1 Å². The fourth-order valence-electron chi connectivity index (χ4n) is 4.79. The number of aliphatic hydroxyl groups excluding tert-OH is 2. The van der Waals surface area contributed by atoms with Gasteiger partial charge in [-0.05, 0) is 62.3 Å². The van der Waals surface area contributed by atoms with E-state index < -0.39 is 42.5 Å². The molecule has 0 radical (unpaired) electrons. The van der Waals surface area contributed by atoms with Crippen molar-refractivity contribution in [3.8, 4) is 5.75 Å².